The van der Waals surface area contributed by atoms with Crippen LogP contribution in [-0.4, -0.2) is 53.7 Å². The predicted octanol–water partition coefficient (Wildman–Crippen LogP) is 14.5. The summed E-state index contributed by atoms with van der Waals surface area (Å²) in [5.74, 6) is 4.97. The summed E-state index contributed by atoms with van der Waals surface area (Å²) >= 11 is 2.39. The SMILES string of the molecule is CC(C)CCC[C@@H](C)[C@H]1CC[C@H]2[C@@H]3CC[C@@]4(C)C[C@@H](OC(O[C@@H]5[C@@H](OCc6ccccc6)[C@H](OCc6ccccc6)[C@@H](COCc6ccccc6)O[C@H]5F)C(C)I)CC[C@]4(C)[C@H]3CC[C@]12C. The van der Waals surface area contributed by atoms with E-state index >= 15 is 4.39 Å². The fourth-order valence-electron chi connectivity index (χ4n) is 14.3. The van der Waals surface area contributed by atoms with Gasteiger partial charge in [0.2, 0.25) is 6.36 Å². The Morgan fingerprint density at radius 2 is 1.29 bits per heavy atom. The molecule has 1 aliphatic heterocycles. The number of alkyl halides is 2. The van der Waals surface area contributed by atoms with Crippen molar-refractivity contribution < 1.29 is 32.8 Å². The Morgan fingerprint density at radius 3 is 1.91 bits per heavy atom. The zero-order valence-corrected chi connectivity index (χ0v) is 43.4. The summed E-state index contributed by atoms with van der Waals surface area (Å²) in [4.78, 5) is 0. The monoisotopic (exact) mass is 1020 g/mol. The first kappa shape index (κ1) is 50.5. The fraction of sp³-hybridized carbons (Fsp3) is 0.690. The van der Waals surface area contributed by atoms with Crippen LogP contribution in [0.15, 0.2) is 91.0 Å². The number of ether oxygens (including phenoxy) is 6. The van der Waals surface area contributed by atoms with Crippen LogP contribution in [0.4, 0.5) is 4.39 Å². The van der Waals surface area contributed by atoms with Gasteiger partial charge in [-0.3, -0.25) is 0 Å². The quantitative estimate of drug-likeness (QED) is 0.0639. The molecule has 0 radical (unpaired) electrons. The van der Waals surface area contributed by atoms with Gasteiger partial charge in [-0.2, -0.15) is 0 Å². The Hall–Kier alpha value is -1.92. The summed E-state index contributed by atoms with van der Waals surface area (Å²) in [7, 11) is 0. The standard InChI is InChI=1S/C58H82FIO6/c1-39(2)18-17-19-40(3)47-26-27-48-46-29-31-56(5)34-45(28-33-58(56,7)49(46)30-32-57(47,48)6)64-55(41(4)60)66-53-52(63-37-44-24-15-10-16-25-44)51(62-36-43-22-13-9-14-23-43)50(65-54(53)59)38-61-35-42-20-11-8-12-21-42/h8-16,20-25,39-41,45-55H,17-19,26-38H2,1-7H3/t40-,41?,45+,46+,47-,48+,49+,50-,51-,52+,53-,54-,55?,56+,57-,58-/m1/s1. The normalized spacial score (nSPS) is 36.8. The van der Waals surface area contributed by atoms with E-state index in [9.17, 15) is 0 Å². The summed E-state index contributed by atoms with van der Waals surface area (Å²) in [5, 5.41) is 0. The highest BCUT2D eigenvalue weighted by Crippen LogP contribution is 2.71. The van der Waals surface area contributed by atoms with E-state index in [1.165, 1.54) is 57.8 Å². The third kappa shape index (κ3) is 11.3. The molecule has 5 fully saturated rings. The van der Waals surface area contributed by atoms with Gasteiger partial charge >= 0.3 is 0 Å². The van der Waals surface area contributed by atoms with E-state index in [1.54, 1.807) is 0 Å². The van der Waals surface area contributed by atoms with Crippen molar-refractivity contribution in [2.24, 2.45) is 51.8 Å². The average molecular weight is 1020 g/mol. The number of benzene rings is 3. The van der Waals surface area contributed by atoms with E-state index in [0.29, 0.717) is 18.6 Å². The lowest BCUT2D eigenvalue weighted by Crippen LogP contribution is -2.61. The highest BCUT2D eigenvalue weighted by Gasteiger charge is 2.64. The lowest BCUT2D eigenvalue weighted by Gasteiger charge is -2.65. The molecule has 3 aromatic carbocycles. The van der Waals surface area contributed by atoms with Crippen molar-refractivity contribution in [3.63, 3.8) is 0 Å². The minimum Gasteiger partial charge on any atom is -0.374 e. The van der Waals surface area contributed by atoms with Crippen LogP contribution >= 0.6 is 22.6 Å². The Bertz CT molecular complexity index is 1920. The highest BCUT2D eigenvalue weighted by atomic mass is 127. The average Bonchev–Trinajstić information content (AvgIpc) is 3.67. The van der Waals surface area contributed by atoms with Gasteiger partial charge in [0.25, 0.3) is 0 Å². The molecule has 66 heavy (non-hydrogen) atoms. The van der Waals surface area contributed by atoms with Gasteiger partial charge in [-0.1, -0.05) is 174 Å². The first-order valence-corrected chi connectivity index (χ1v) is 27.2. The molecule has 364 valence electrons. The van der Waals surface area contributed by atoms with Gasteiger partial charge < -0.3 is 28.4 Å². The van der Waals surface area contributed by atoms with E-state index in [4.69, 9.17) is 28.4 Å². The molecule has 0 N–H and O–H groups in total. The molecule has 1 saturated heterocycles. The van der Waals surface area contributed by atoms with Gasteiger partial charge in [-0.25, -0.2) is 4.39 Å². The Kier molecular flexibility index (Phi) is 17.2. The van der Waals surface area contributed by atoms with Crippen LogP contribution < -0.4 is 0 Å². The number of halogens is 2. The van der Waals surface area contributed by atoms with Crippen molar-refractivity contribution in [3.8, 4) is 0 Å². The maximum atomic E-state index is 16.9. The molecule has 16 atom stereocenters. The molecular formula is C58H82FIO6. The Balaban J connectivity index is 0.966. The van der Waals surface area contributed by atoms with Gasteiger partial charge in [0.05, 0.1) is 36.5 Å². The minimum absolute atomic E-state index is 0.0220. The van der Waals surface area contributed by atoms with Crippen LogP contribution in [-0.2, 0) is 48.2 Å². The van der Waals surface area contributed by atoms with Crippen molar-refractivity contribution in [3.05, 3.63) is 108 Å². The summed E-state index contributed by atoms with van der Waals surface area (Å²) in [6, 6.07) is 30.1. The van der Waals surface area contributed by atoms with Crippen LogP contribution in [0.2, 0.25) is 0 Å². The lowest BCUT2D eigenvalue weighted by molar-refractivity contribution is -0.327. The molecule has 1 heterocycles. The van der Waals surface area contributed by atoms with Crippen LogP contribution in [0.25, 0.3) is 0 Å². The largest absolute Gasteiger partial charge is 0.374 e. The highest BCUT2D eigenvalue weighted by molar-refractivity contribution is 14.1. The zero-order chi connectivity index (χ0) is 46.5. The van der Waals surface area contributed by atoms with E-state index < -0.39 is 37.1 Å². The first-order valence-electron chi connectivity index (χ1n) is 26.0. The predicted molar refractivity (Wildman–Crippen MR) is 271 cm³/mol. The Morgan fingerprint density at radius 1 is 0.667 bits per heavy atom. The van der Waals surface area contributed by atoms with Gasteiger partial charge in [0.1, 0.15) is 24.4 Å². The molecule has 0 spiro atoms. The molecule has 4 saturated carbocycles. The van der Waals surface area contributed by atoms with Crippen LogP contribution in [0.5, 0.6) is 0 Å². The lowest BCUT2D eigenvalue weighted by atomic mass is 9.40. The summed E-state index contributed by atoms with van der Waals surface area (Å²) in [6.07, 6.45) is 9.77. The summed E-state index contributed by atoms with van der Waals surface area (Å²) in [6.45, 7) is 18.5. The molecule has 0 aromatic heterocycles. The van der Waals surface area contributed by atoms with E-state index in [0.717, 1.165) is 71.5 Å². The molecule has 6 nitrogen and oxygen atoms in total. The molecule has 0 amide bonds. The molecular weight excluding hydrogens is 939 g/mol. The second-order valence-electron chi connectivity index (χ2n) is 22.6. The molecule has 8 rings (SSSR count). The molecule has 4 aliphatic carbocycles. The molecule has 3 aromatic rings. The minimum atomic E-state index is -1.79. The number of hydrogen-bond donors (Lipinski definition) is 0. The molecule has 5 aliphatic rings. The van der Waals surface area contributed by atoms with Crippen molar-refractivity contribution in [1.82, 2.24) is 0 Å². The fourth-order valence-corrected chi connectivity index (χ4v) is 14.6. The first-order chi connectivity index (χ1) is 31.8. The van der Waals surface area contributed by atoms with Gasteiger partial charge in [0.15, 0.2) is 6.29 Å². The second kappa shape index (κ2) is 22.4. The van der Waals surface area contributed by atoms with Crippen molar-refractivity contribution in [2.75, 3.05) is 6.61 Å². The number of hydrogen-bond acceptors (Lipinski definition) is 6. The smallest absolute Gasteiger partial charge is 0.228 e. The topological polar surface area (TPSA) is 55.4 Å². The maximum Gasteiger partial charge on any atom is 0.228 e. The van der Waals surface area contributed by atoms with Crippen LogP contribution in [0.3, 0.4) is 0 Å². The zero-order valence-electron chi connectivity index (χ0n) is 41.3. The number of fused-ring (bicyclic) bond motifs is 5. The van der Waals surface area contributed by atoms with Gasteiger partial charge in [-0.05, 0) is 133 Å². The third-order valence-corrected chi connectivity index (χ3v) is 18.7. The summed E-state index contributed by atoms with van der Waals surface area (Å²) in [5.41, 5.74) is 3.98. The van der Waals surface area contributed by atoms with Crippen molar-refractivity contribution in [1.29, 1.82) is 0 Å². The molecule has 2 unspecified atom stereocenters. The van der Waals surface area contributed by atoms with E-state index in [-0.39, 0.29) is 34.1 Å². The third-order valence-electron chi connectivity index (χ3n) is 18.1. The number of rotatable bonds is 20. The maximum absolute atomic E-state index is 16.9. The van der Waals surface area contributed by atoms with E-state index in [2.05, 4.69) is 71.1 Å². The van der Waals surface area contributed by atoms with E-state index in [1.807, 2.05) is 91.0 Å². The van der Waals surface area contributed by atoms with Crippen molar-refractivity contribution >= 4 is 22.6 Å². The Labute approximate surface area is 411 Å². The summed E-state index contributed by atoms with van der Waals surface area (Å²) < 4.78 is 56.8. The van der Waals surface area contributed by atoms with Crippen LogP contribution in [0.1, 0.15) is 142 Å². The molecule has 0 bridgehead atoms. The second-order valence-corrected chi connectivity index (χ2v) is 24.6. The molecule has 8 heteroatoms. The van der Waals surface area contributed by atoms with Gasteiger partial charge in [0, 0.05) is 0 Å². The van der Waals surface area contributed by atoms with Crippen molar-refractivity contribution in [2.45, 2.75) is 192 Å². The van der Waals surface area contributed by atoms with Crippen LogP contribution in [0, 0.1) is 51.8 Å². The van der Waals surface area contributed by atoms with Gasteiger partial charge in [-0.15, -0.1) is 0 Å².